The van der Waals surface area contributed by atoms with Gasteiger partial charge in [0.1, 0.15) is 11.5 Å². The zero-order chi connectivity index (χ0) is 20.9. The minimum atomic E-state index is -3.62. The van der Waals surface area contributed by atoms with Crippen molar-refractivity contribution in [3.05, 3.63) is 34.5 Å². The number of hydrogen-bond donors (Lipinski definition) is 4. The number of hydrogen-bond acceptors (Lipinski definition) is 6. The Hall–Kier alpha value is -2.59. The van der Waals surface area contributed by atoms with Crippen molar-refractivity contribution in [2.75, 3.05) is 19.0 Å². The van der Waals surface area contributed by atoms with E-state index in [-0.39, 0.29) is 16.8 Å². The molecule has 1 aliphatic heterocycles. The summed E-state index contributed by atoms with van der Waals surface area (Å²) in [5.41, 5.74) is 5.83. The zero-order valence-corrected chi connectivity index (χ0v) is 17.7. The summed E-state index contributed by atoms with van der Waals surface area (Å²) in [6.07, 6.45) is 7.44. The van der Waals surface area contributed by atoms with Crippen LogP contribution in [-0.2, 0) is 42.1 Å². The quantitative estimate of drug-likeness (QED) is 0.591. The molecule has 0 unspecified atom stereocenters. The zero-order valence-electron chi connectivity index (χ0n) is 16.9. The number of fused-ring (bicyclic) bond motifs is 3. The van der Waals surface area contributed by atoms with Crippen molar-refractivity contribution in [3.63, 3.8) is 0 Å². The molecule has 3 aliphatic rings. The molecule has 5 rings (SSSR count). The van der Waals surface area contributed by atoms with Gasteiger partial charge in [-0.15, -0.1) is 0 Å². The van der Waals surface area contributed by atoms with E-state index in [1.807, 2.05) is 7.05 Å². The summed E-state index contributed by atoms with van der Waals surface area (Å²) in [4.78, 5) is 12.9. The van der Waals surface area contributed by atoms with Crippen molar-refractivity contribution in [2.45, 2.75) is 56.0 Å². The lowest BCUT2D eigenvalue weighted by molar-refractivity contribution is 0.184. The van der Waals surface area contributed by atoms with Crippen molar-refractivity contribution in [2.24, 2.45) is 0 Å². The van der Waals surface area contributed by atoms with E-state index in [2.05, 4.69) is 26.5 Å². The number of amides is 2. The van der Waals surface area contributed by atoms with E-state index < -0.39 is 15.9 Å². The van der Waals surface area contributed by atoms with Crippen LogP contribution < -0.4 is 20.1 Å². The summed E-state index contributed by atoms with van der Waals surface area (Å²) in [6, 6.07) is 1.75. The predicted molar refractivity (Wildman–Crippen MR) is 112 cm³/mol. The summed E-state index contributed by atoms with van der Waals surface area (Å²) in [5.74, 6) is 0.281. The van der Waals surface area contributed by atoms with Crippen molar-refractivity contribution in [1.29, 1.82) is 4.78 Å². The van der Waals surface area contributed by atoms with Crippen LogP contribution in [-0.4, -0.2) is 39.7 Å². The fourth-order valence-electron chi connectivity index (χ4n) is 4.74. The molecule has 0 bridgehead atoms. The molecule has 0 saturated carbocycles. The Balaban J connectivity index is 1.38. The molecule has 10 heteroatoms. The first-order chi connectivity index (χ1) is 14.5. The summed E-state index contributed by atoms with van der Waals surface area (Å²) in [6.45, 7) is 0.940. The van der Waals surface area contributed by atoms with Gasteiger partial charge in [0.15, 0.2) is 9.92 Å². The first-order valence-electron chi connectivity index (χ1n) is 10.4. The molecule has 0 radical (unpaired) electrons. The third kappa shape index (κ3) is 3.24. The van der Waals surface area contributed by atoms with Gasteiger partial charge in [0.25, 0.3) is 0 Å². The molecule has 0 spiro atoms. The number of benzene rings is 1. The maximum atomic E-state index is 13.1. The normalized spacial score (nSPS) is 21.2. The number of ether oxygens (including phenoxy) is 1. The van der Waals surface area contributed by atoms with E-state index in [9.17, 15) is 9.00 Å². The van der Waals surface area contributed by atoms with Crippen LogP contribution in [0.15, 0.2) is 17.2 Å². The van der Waals surface area contributed by atoms with Crippen molar-refractivity contribution in [3.8, 4) is 5.88 Å². The van der Waals surface area contributed by atoms with Crippen molar-refractivity contribution < 1.29 is 13.7 Å². The molecular weight excluding hydrogens is 404 g/mol. The monoisotopic (exact) mass is 430 g/mol. The topological polar surface area (TPSA) is 121 Å². The van der Waals surface area contributed by atoms with Gasteiger partial charge < -0.3 is 15.4 Å². The molecule has 30 heavy (non-hydrogen) atoms. The van der Waals surface area contributed by atoms with E-state index in [0.717, 1.165) is 44.2 Å². The van der Waals surface area contributed by atoms with Crippen LogP contribution in [0.1, 0.15) is 35.1 Å². The number of carbonyl (C=O) groups excluding carboxylic acids is 1. The molecular formula is C20H26N6O3S. The number of aryl methyl sites for hydroxylation is 2. The lowest BCUT2D eigenvalue weighted by Gasteiger charge is -2.24. The molecule has 2 aliphatic carbocycles. The van der Waals surface area contributed by atoms with Gasteiger partial charge in [0.05, 0.1) is 18.8 Å². The Morgan fingerprint density at radius 2 is 1.93 bits per heavy atom. The first-order valence-corrected chi connectivity index (χ1v) is 11.9. The smallest absolute Gasteiger partial charge is 0.331 e. The van der Waals surface area contributed by atoms with Gasteiger partial charge >= 0.3 is 6.03 Å². The number of carbonyl (C=O) groups is 1. The number of nitrogens with one attached hydrogen (secondary N) is 4. The second kappa shape index (κ2) is 7.28. The molecule has 0 saturated heterocycles. The van der Waals surface area contributed by atoms with Crippen LogP contribution in [0, 0.1) is 4.78 Å². The average molecular weight is 431 g/mol. The van der Waals surface area contributed by atoms with E-state index in [1.165, 1.54) is 28.5 Å². The predicted octanol–water partition coefficient (Wildman–Crippen LogP) is 1.98. The number of rotatable bonds is 4. The highest BCUT2D eigenvalue weighted by atomic mass is 32.2. The molecule has 160 valence electrons. The van der Waals surface area contributed by atoms with Crippen LogP contribution in [0.25, 0.3) is 0 Å². The summed E-state index contributed by atoms with van der Waals surface area (Å²) < 4.78 is 31.0. The third-order valence-electron chi connectivity index (χ3n) is 6.24. The van der Waals surface area contributed by atoms with Crippen LogP contribution in [0.3, 0.4) is 0 Å². The second-order valence-electron chi connectivity index (χ2n) is 8.14. The van der Waals surface area contributed by atoms with Crippen LogP contribution in [0.4, 0.5) is 10.5 Å². The molecule has 9 nitrogen and oxygen atoms in total. The average Bonchev–Trinajstić information content (AvgIpc) is 3.45. The van der Waals surface area contributed by atoms with E-state index in [4.69, 9.17) is 9.52 Å². The lowest BCUT2D eigenvalue weighted by Crippen LogP contribution is -2.40. The number of urea groups is 1. The van der Waals surface area contributed by atoms with Crippen LogP contribution >= 0.6 is 0 Å². The Bertz CT molecular complexity index is 1090. The van der Waals surface area contributed by atoms with Gasteiger partial charge in [0, 0.05) is 5.69 Å². The molecule has 1 aromatic heterocycles. The van der Waals surface area contributed by atoms with E-state index >= 15 is 0 Å². The molecule has 4 N–H and O–H groups in total. The lowest BCUT2D eigenvalue weighted by atomic mass is 9.99. The Labute approximate surface area is 175 Å². The Morgan fingerprint density at radius 3 is 2.60 bits per heavy atom. The fraction of sp³-hybridized carbons (Fsp3) is 0.500. The molecule has 2 atom stereocenters. The first kappa shape index (κ1) is 19.4. The van der Waals surface area contributed by atoms with E-state index in [0.29, 0.717) is 13.2 Å². The van der Waals surface area contributed by atoms with Gasteiger partial charge in [-0.3, -0.25) is 0 Å². The van der Waals surface area contributed by atoms with Crippen LogP contribution in [0.2, 0.25) is 0 Å². The number of nitrogens with zero attached hydrogens (tertiary/aromatic N) is 2. The molecule has 2 heterocycles. The third-order valence-corrected chi connectivity index (χ3v) is 7.61. The van der Waals surface area contributed by atoms with Gasteiger partial charge in [-0.2, -0.15) is 5.10 Å². The van der Waals surface area contributed by atoms with Gasteiger partial charge in [0.2, 0.25) is 5.88 Å². The SMILES string of the molecule is CN[C@@H]1COc2c([S@](=N)(=O)NC(=O)Nc3c4c(cc5c3CCC5)CCC4)cnn2C1. The maximum Gasteiger partial charge on any atom is 0.331 e. The minimum absolute atomic E-state index is 0.0885. The van der Waals surface area contributed by atoms with Gasteiger partial charge in [-0.25, -0.2) is 23.2 Å². The highest BCUT2D eigenvalue weighted by Gasteiger charge is 2.30. The molecule has 2 amide bonds. The minimum Gasteiger partial charge on any atom is -0.475 e. The second-order valence-corrected chi connectivity index (χ2v) is 9.90. The molecule has 0 fully saturated rings. The number of anilines is 1. The Morgan fingerprint density at radius 1 is 1.23 bits per heavy atom. The van der Waals surface area contributed by atoms with E-state index in [1.54, 1.807) is 4.68 Å². The highest BCUT2D eigenvalue weighted by Crippen LogP contribution is 2.38. The molecule has 2 aromatic rings. The number of likely N-dealkylation sites (N-methyl/N-ethyl adjacent to an activating group) is 1. The standard InChI is InChI=1S/C20H26N6O3S/c1-22-14-10-26-19(29-11-14)17(9-23-26)30(21,28)25-20(27)24-18-15-6-2-4-12(15)8-13-5-3-7-16(13)18/h8-9,14,22H,2-7,10-11H2,1H3,(H3,21,24,25,27,28)/t14-,30+/m0/s1. The Kier molecular flexibility index (Phi) is 4.70. The summed E-state index contributed by atoms with van der Waals surface area (Å²) >= 11 is 0. The number of aromatic nitrogens is 2. The van der Waals surface area contributed by atoms with Gasteiger partial charge in [-0.05, 0) is 67.8 Å². The summed E-state index contributed by atoms with van der Waals surface area (Å²) in [7, 11) is -1.79. The van der Waals surface area contributed by atoms with Gasteiger partial charge in [-0.1, -0.05) is 6.07 Å². The fourth-order valence-corrected chi connectivity index (χ4v) is 5.77. The van der Waals surface area contributed by atoms with Crippen molar-refractivity contribution in [1.82, 2.24) is 19.8 Å². The highest BCUT2D eigenvalue weighted by molar-refractivity contribution is 7.91. The van der Waals surface area contributed by atoms with Crippen molar-refractivity contribution >= 4 is 21.6 Å². The van der Waals surface area contributed by atoms with Crippen LogP contribution in [0.5, 0.6) is 5.88 Å². The molecule has 1 aromatic carbocycles. The maximum absolute atomic E-state index is 13.1. The largest absolute Gasteiger partial charge is 0.475 e. The summed E-state index contributed by atoms with van der Waals surface area (Å²) in [5, 5.41) is 10.2.